The first-order chi connectivity index (χ1) is 3.81. The van der Waals surface area contributed by atoms with Gasteiger partial charge in [0.05, 0.1) is 6.26 Å². The van der Waals surface area contributed by atoms with Gasteiger partial charge in [-0.25, -0.2) is 0 Å². The smallest absolute Gasteiger partial charge is 0.0691 e. The fourth-order valence-electron chi connectivity index (χ4n) is 0.274. The molecule has 0 bridgehead atoms. The van der Waals surface area contributed by atoms with Gasteiger partial charge in [0.15, 0.2) is 0 Å². The summed E-state index contributed by atoms with van der Waals surface area (Å²) in [6, 6.07) is 0. The molecule has 0 aliphatic carbocycles. The second-order valence-corrected chi connectivity index (χ2v) is 8.69. The van der Waals surface area contributed by atoms with Gasteiger partial charge in [0.25, 0.3) is 0 Å². The summed E-state index contributed by atoms with van der Waals surface area (Å²) in [5.41, 5.74) is 0. The van der Waals surface area contributed by atoms with Gasteiger partial charge in [-0.3, -0.25) is 0 Å². The molecule has 0 aromatic rings. The van der Waals surface area contributed by atoms with Gasteiger partial charge in [-0.1, -0.05) is 32.6 Å². The van der Waals surface area contributed by atoms with Crippen LogP contribution in [0.3, 0.4) is 0 Å². The monoisotopic (exact) mass is 166 g/mol. The maximum atomic E-state index is 5.27. The van der Waals surface area contributed by atoms with Crippen molar-refractivity contribution >= 4 is 18.1 Å². The Hall–Kier alpha value is 0.610. The average molecular weight is 166 g/mol. The SMILES string of the molecule is COP(C)(=S)C(C)(C)C. The zero-order chi connectivity index (χ0) is 7.71. The third-order valence-corrected chi connectivity index (χ3v) is 6.79. The van der Waals surface area contributed by atoms with Gasteiger partial charge in [-0.15, -0.1) is 0 Å². The van der Waals surface area contributed by atoms with E-state index in [1.165, 1.54) is 0 Å². The highest BCUT2D eigenvalue weighted by molar-refractivity contribution is 8.12. The molecule has 0 aromatic carbocycles. The fraction of sp³-hybridized carbons (Fsp3) is 1.00. The van der Waals surface area contributed by atoms with Gasteiger partial charge in [-0.05, 0) is 6.66 Å². The Bertz CT molecular complexity index is 136. The van der Waals surface area contributed by atoms with E-state index >= 15 is 0 Å². The maximum Gasteiger partial charge on any atom is 0.0691 e. The van der Waals surface area contributed by atoms with Crippen LogP contribution in [0, 0.1) is 0 Å². The van der Waals surface area contributed by atoms with Gasteiger partial charge < -0.3 is 4.52 Å². The van der Waals surface area contributed by atoms with E-state index in [4.69, 9.17) is 16.3 Å². The van der Waals surface area contributed by atoms with Crippen molar-refractivity contribution in [3.63, 3.8) is 0 Å². The van der Waals surface area contributed by atoms with Gasteiger partial charge >= 0.3 is 0 Å². The number of hydrogen-bond acceptors (Lipinski definition) is 2. The lowest BCUT2D eigenvalue weighted by Crippen LogP contribution is -2.14. The van der Waals surface area contributed by atoms with Gasteiger partial charge in [0, 0.05) is 12.3 Å². The molecule has 9 heavy (non-hydrogen) atoms. The Morgan fingerprint density at radius 1 is 1.33 bits per heavy atom. The molecule has 0 amide bonds. The van der Waals surface area contributed by atoms with Crippen LogP contribution in [0.5, 0.6) is 0 Å². The first-order valence-corrected chi connectivity index (χ1v) is 6.11. The molecule has 0 rings (SSSR count). The van der Waals surface area contributed by atoms with Crippen LogP contribution in [-0.4, -0.2) is 18.9 Å². The summed E-state index contributed by atoms with van der Waals surface area (Å²) in [6.45, 7) is 8.40. The molecule has 1 atom stereocenters. The highest BCUT2D eigenvalue weighted by Crippen LogP contribution is 2.54. The van der Waals surface area contributed by atoms with E-state index in [9.17, 15) is 0 Å². The number of rotatable bonds is 1. The first-order valence-electron chi connectivity index (χ1n) is 2.94. The Labute approximate surface area is 62.9 Å². The highest BCUT2D eigenvalue weighted by atomic mass is 32.4. The molecule has 0 aliphatic rings. The molecule has 0 heterocycles. The number of hydrogen-bond donors (Lipinski definition) is 0. The molecule has 0 spiro atoms. The average Bonchev–Trinajstić information content (AvgIpc) is 1.64. The van der Waals surface area contributed by atoms with Crippen molar-refractivity contribution in [2.45, 2.75) is 25.9 Å². The summed E-state index contributed by atoms with van der Waals surface area (Å²) >= 11 is 5.27. The minimum atomic E-state index is -1.52. The molecule has 3 heteroatoms. The van der Waals surface area contributed by atoms with E-state index < -0.39 is 6.26 Å². The summed E-state index contributed by atoms with van der Waals surface area (Å²) in [6.07, 6.45) is -1.52. The lowest BCUT2D eigenvalue weighted by molar-refractivity contribution is 0.443. The van der Waals surface area contributed by atoms with Crippen LogP contribution < -0.4 is 0 Å². The minimum Gasteiger partial charge on any atom is -0.354 e. The normalized spacial score (nSPS) is 19.2. The van der Waals surface area contributed by atoms with Crippen LogP contribution in [0.25, 0.3) is 0 Å². The fourth-order valence-corrected chi connectivity index (χ4v) is 0.822. The molecule has 0 N–H and O–H groups in total. The minimum absolute atomic E-state index is 0.150. The summed E-state index contributed by atoms with van der Waals surface area (Å²) in [4.78, 5) is 0. The summed E-state index contributed by atoms with van der Waals surface area (Å²) in [5, 5.41) is 0.150. The van der Waals surface area contributed by atoms with Crippen molar-refractivity contribution in [2.75, 3.05) is 13.8 Å². The van der Waals surface area contributed by atoms with Crippen molar-refractivity contribution in [1.82, 2.24) is 0 Å². The molecule has 1 unspecified atom stereocenters. The Kier molecular flexibility index (Phi) is 2.87. The van der Waals surface area contributed by atoms with E-state index in [2.05, 4.69) is 20.8 Å². The van der Waals surface area contributed by atoms with E-state index in [0.717, 1.165) is 0 Å². The van der Waals surface area contributed by atoms with Crippen molar-refractivity contribution < 1.29 is 4.52 Å². The first kappa shape index (κ1) is 9.61. The molecular weight excluding hydrogens is 151 g/mol. The third kappa shape index (κ3) is 2.37. The summed E-state index contributed by atoms with van der Waals surface area (Å²) in [7, 11) is 1.70. The van der Waals surface area contributed by atoms with Crippen LogP contribution in [0.4, 0.5) is 0 Å². The lowest BCUT2D eigenvalue weighted by atomic mass is 10.3. The molecular formula is C6H15OPS. The Morgan fingerprint density at radius 2 is 1.67 bits per heavy atom. The zero-order valence-corrected chi connectivity index (χ0v) is 8.47. The van der Waals surface area contributed by atoms with E-state index in [0.29, 0.717) is 0 Å². The summed E-state index contributed by atoms with van der Waals surface area (Å²) in [5.74, 6) is 0. The molecule has 0 saturated carbocycles. The van der Waals surface area contributed by atoms with Gasteiger partial charge in [-0.2, -0.15) is 0 Å². The molecule has 0 aliphatic heterocycles. The quantitative estimate of drug-likeness (QED) is 0.553. The van der Waals surface area contributed by atoms with E-state index in [1.54, 1.807) is 7.11 Å². The topological polar surface area (TPSA) is 9.23 Å². The van der Waals surface area contributed by atoms with E-state index in [1.807, 2.05) is 6.66 Å². The second kappa shape index (κ2) is 2.69. The van der Waals surface area contributed by atoms with Crippen molar-refractivity contribution in [1.29, 1.82) is 0 Å². The van der Waals surface area contributed by atoms with Crippen LogP contribution in [0.15, 0.2) is 0 Å². The molecule has 56 valence electrons. The molecule has 0 saturated heterocycles. The van der Waals surface area contributed by atoms with Crippen molar-refractivity contribution in [3.05, 3.63) is 0 Å². The van der Waals surface area contributed by atoms with Crippen LogP contribution in [-0.2, 0) is 16.3 Å². The van der Waals surface area contributed by atoms with Crippen LogP contribution in [0.2, 0.25) is 0 Å². The molecule has 1 nitrogen and oxygen atoms in total. The van der Waals surface area contributed by atoms with Crippen molar-refractivity contribution in [3.8, 4) is 0 Å². The largest absolute Gasteiger partial charge is 0.354 e. The second-order valence-electron chi connectivity index (χ2n) is 3.20. The van der Waals surface area contributed by atoms with Crippen LogP contribution >= 0.6 is 6.26 Å². The van der Waals surface area contributed by atoms with Crippen LogP contribution in [0.1, 0.15) is 20.8 Å². The zero-order valence-electron chi connectivity index (χ0n) is 6.76. The maximum absolute atomic E-state index is 5.27. The van der Waals surface area contributed by atoms with E-state index in [-0.39, 0.29) is 5.16 Å². The Balaban J connectivity index is 4.35. The van der Waals surface area contributed by atoms with Crippen molar-refractivity contribution in [2.24, 2.45) is 0 Å². The summed E-state index contributed by atoms with van der Waals surface area (Å²) < 4.78 is 5.23. The van der Waals surface area contributed by atoms with Gasteiger partial charge in [0.1, 0.15) is 0 Å². The standard InChI is InChI=1S/C6H15OPS/c1-6(2,3)8(5,9)7-4/h1-5H3. The van der Waals surface area contributed by atoms with Gasteiger partial charge in [0.2, 0.25) is 0 Å². The Morgan fingerprint density at radius 3 is 1.67 bits per heavy atom. The predicted octanol–water partition coefficient (Wildman–Crippen LogP) is 2.46. The lowest BCUT2D eigenvalue weighted by Gasteiger charge is -2.29. The predicted molar refractivity (Wildman–Crippen MR) is 47.0 cm³/mol. The molecule has 0 fully saturated rings. The third-order valence-electron chi connectivity index (χ3n) is 1.57. The molecule has 0 aromatic heterocycles. The highest BCUT2D eigenvalue weighted by Gasteiger charge is 2.26. The molecule has 0 radical (unpaired) electrons.